The van der Waals surface area contributed by atoms with E-state index in [9.17, 15) is 19.8 Å². The van der Waals surface area contributed by atoms with Crippen molar-refractivity contribution >= 4 is 11.9 Å². The van der Waals surface area contributed by atoms with Gasteiger partial charge in [0.15, 0.2) is 11.9 Å². The first-order chi connectivity index (χ1) is 17.8. The number of aliphatic hydroxyl groups excluding tert-OH is 1. The molecule has 7 heteroatoms. The average Bonchev–Trinajstić information content (AvgIpc) is 3.65. The standard InChI is InChI=1S/C30H28N2O5/c1-18(20-6-4-3-5-7-20)31-28(34)26(33)25-19(2)32-37-27(25)23-10-8-21(9-11-23)22-12-14-24(15-13-22)30(16-17-30)29(35)36/h3-15,18,26,33H,16-17H2,1-2H3,(H,31,34)(H,35,36). The molecule has 4 aromatic rings. The molecular formula is C30H28N2O5. The summed E-state index contributed by atoms with van der Waals surface area (Å²) in [7, 11) is 0. The molecule has 0 bridgehead atoms. The van der Waals surface area contributed by atoms with Crippen molar-refractivity contribution in [1.29, 1.82) is 0 Å². The highest BCUT2D eigenvalue weighted by molar-refractivity contribution is 5.86. The molecular weight excluding hydrogens is 468 g/mol. The number of carbonyl (C=O) groups is 2. The zero-order chi connectivity index (χ0) is 26.2. The summed E-state index contributed by atoms with van der Waals surface area (Å²) in [5, 5.41) is 27.3. The number of aromatic nitrogens is 1. The van der Waals surface area contributed by atoms with Crippen molar-refractivity contribution in [2.45, 2.75) is 44.2 Å². The summed E-state index contributed by atoms with van der Waals surface area (Å²) >= 11 is 0. The second-order valence-electron chi connectivity index (χ2n) is 9.60. The van der Waals surface area contributed by atoms with E-state index in [1.165, 1.54) is 0 Å². The maximum Gasteiger partial charge on any atom is 0.314 e. The lowest BCUT2D eigenvalue weighted by Gasteiger charge is -2.17. The summed E-state index contributed by atoms with van der Waals surface area (Å²) in [6, 6.07) is 24.4. The van der Waals surface area contributed by atoms with Crippen LogP contribution in [0.2, 0.25) is 0 Å². The van der Waals surface area contributed by atoms with Gasteiger partial charge in [-0.3, -0.25) is 9.59 Å². The number of aliphatic carboxylic acids is 1. The lowest BCUT2D eigenvalue weighted by atomic mass is 9.93. The summed E-state index contributed by atoms with van der Waals surface area (Å²) in [5.41, 5.74) is 4.40. The molecule has 7 nitrogen and oxygen atoms in total. The lowest BCUT2D eigenvalue weighted by Crippen LogP contribution is -2.32. The van der Waals surface area contributed by atoms with E-state index < -0.39 is 23.4 Å². The molecule has 1 aliphatic rings. The molecule has 3 N–H and O–H groups in total. The third-order valence-corrected chi connectivity index (χ3v) is 7.17. The highest BCUT2D eigenvalue weighted by Gasteiger charge is 2.51. The molecule has 1 fully saturated rings. The molecule has 0 radical (unpaired) electrons. The molecule has 1 aromatic heterocycles. The number of rotatable bonds is 8. The number of carboxylic acid groups (broad SMARTS) is 1. The fraction of sp³-hybridized carbons (Fsp3) is 0.233. The Bertz CT molecular complexity index is 1420. The molecule has 0 aliphatic heterocycles. The van der Waals surface area contributed by atoms with Gasteiger partial charge in [-0.1, -0.05) is 84.0 Å². The molecule has 1 aliphatic carbocycles. The van der Waals surface area contributed by atoms with Gasteiger partial charge in [-0.25, -0.2) is 0 Å². The minimum absolute atomic E-state index is 0.275. The fourth-order valence-corrected chi connectivity index (χ4v) is 4.70. The maximum atomic E-state index is 12.9. The molecule has 188 valence electrons. The molecule has 5 rings (SSSR count). The number of carbonyl (C=O) groups excluding carboxylic acids is 1. The van der Waals surface area contributed by atoms with Crippen molar-refractivity contribution in [1.82, 2.24) is 10.5 Å². The first-order valence-electron chi connectivity index (χ1n) is 12.2. The quantitative estimate of drug-likeness (QED) is 0.303. The first kappa shape index (κ1) is 24.5. The highest BCUT2D eigenvalue weighted by Crippen LogP contribution is 2.48. The van der Waals surface area contributed by atoms with E-state index in [1.807, 2.05) is 85.8 Å². The van der Waals surface area contributed by atoms with Gasteiger partial charge in [-0.05, 0) is 48.9 Å². The van der Waals surface area contributed by atoms with Gasteiger partial charge in [-0.15, -0.1) is 0 Å². The van der Waals surface area contributed by atoms with Gasteiger partial charge in [0, 0.05) is 5.56 Å². The summed E-state index contributed by atoms with van der Waals surface area (Å²) in [6.07, 6.45) is -0.0991. The Morgan fingerprint density at radius 2 is 1.49 bits per heavy atom. The number of aryl methyl sites for hydroxylation is 1. The van der Waals surface area contributed by atoms with E-state index >= 15 is 0 Å². The van der Waals surface area contributed by atoms with Gasteiger partial charge in [0.1, 0.15) is 0 Å². The third-order valence-electron chi connectivity index (χ3n) is 7.17. The second kappa shape index (κ2) is 9.67. The van der Waals surface area contributed by atoms with Gasteiger partial charge in [0.25, 0.3) is 5.91 Å². The van der Waals surface area contributed by atoms with Crippen molar-refractivity contribution < 1.29 is 24.3 Å². The van der Waals surface area contributed by atoms with Crippen molar-refractivity contribution in [2.75, 3.05) is 0 Å². The van der Waals surface area contributed by atoms with Crippen LogP contribution < -0.4 is 5.32 Å². The predicted octanol–water partition coefficient (Wildman–Crippen LogP) is 5.34. The van der Waals surface area contributed by atoms with Crippen LogP contribution >= 0.6 is 0 Å². The van der Waals surface area contributed by atoms with Gasteiger partial charge in [0.05, 0.1) is 22.7 Å². The van der Waals surface area contributed by atoms with Crippen LogP contribution in [0, 0.1) is 6.92 Å². The molecule has 1 saturated carbocycles. The summed E-state index contributed by atoms with van der Waals surface area (Å²) < 4.78 is 5.52. The Morgan fingerprint density at radius 3 is 2.05 bits per heavy atom. The topological polar surface area (TPSA) is 113 Å². The van der Waals surface area contributed by atoms with E-state index in [1.54, 1.807) is 6.92 Å². The number of aliphatic hydroxyl groups is 1. The summed E-state index contributed by atoms with van der Waals surface area (Å²) in [4.78, 5) is 24.5. The highest BCUT2D eigenvalue weighted by atomic mass is 16.5. The SMILES string of the molecule is Cc1noc(-c2ccc(-c3ccc(C4(C(=O)O)CC4)cc3)cc2)c1C(O)C(=O)NC(C)c1ccccc1. The predicted molar refractivity (Wildman–Crippen MR) is 139 cm³/mol. The van der Waals surface area contributed by atoms with Crippen molar-refractivity contribution in [3.05, 3.63) is 101 Å². The molecule has 2 atom stereocenters. The molecule has 1 heterocycles. The summed E-state index contributed by atoms with van der Waals surface area (Å²) in [6.45, 7) is 3.55. The zero-order valence-electron chi connectivity index (χ0n) is 20.6. The smallest absolute Gasteiger partial charge is 0.314 e. The van der Waals surface area contributed by atoms with Gasteiger partial charge >= 0.3 is 5.97 Å². The molecule has 1 amide bonds. The summed E-state index contributed by atoms with van der Waals surface area (Å²) in [5.74, 6) is -0.963. The van der Waals surface area contributed by atoms with Crippen LogP contribution in [-0.2, 0) is 15.0 Å². The van der Waals surface area contributed by atoms with Gasteiger partial charge in [0.2, 0.25) is 0 Å². The van der Waals surface area contributed by atoms with Crippen LogP contribution in [0.1, 0.15) is 54.3 Å². The molecule has 0 spiro atoms. The van der Waals surface area contributed by atoms with E-state index in [2.05, 4.69) is 10.5 Å². The Hall–Kier alpha value is -4.23. The van der Waals surface area contributed by atoms with Crippen LogP contribution in [0.5, 0.6) is 0 Å². The molecule has 2 unspecified atom stereocenters. The molecule has 37 heavy (non-hydrogen) atoms. The van der Waals surface area contributed by atoms with E-state index in [0.29, 0.717) is 35.4 Å². The number of hydrogen-bond acceptors (Lipinski definition) is 5. The van der Waals surface area contributed by atoms with Gasteiger partial charge < -0.3 is 20.1 Å². The van der Waals surface area contributed by atoms with E-state index in [4.69, 9.17) is 4.52 Å². The number of nitrogens with zero attached hydrogens (tertiary/aromatic N) is 1. The minimum Gasteiger partial charge on any atom is -0.481 e. The number of hydrogen-bond donors (Lipinski definition) is 3. The van der Waals surface area contributed by atoms with Crippen LogP contribution in [0.3, 0.4) is 0 Å². The van der Waals surface area contributed by atoms with Crippen LogP contribution in [-0.4, -0.2) is 27.2 Å². The van der Waals surface area contributed by atoms with Crippen molar-refractivity contribution in [3.8, 4) is 22.5 Å². The van der Waals surface area contributed by atoms with Crippen LogP contribution in [0.4, 0.5) is 0 Å². The van der Waals surface area contributed by atoms with E-state index in [-0.39, 0.29) is 6.04 Å². The Labute approximate surface area is 214 Å². The third kappa shape index (κ3) is 4.66. The Kier molecular flexibility index (Phi) is 6.39. The molecule has 3 aromatic carbocycles. The van der Waals surface area contributed by atoms with Crippen molar-refractivity contribution in [2.24, 2.45) is 0 Å². The Balaban J connectivity index is 1.34. The zero-order valence-corrected chi connectivity index (χ0v) is 20.6. The lowest BCUT2D eigenvalue weighted by molar-refractivity contribution is -0.140. The fourth-order valence-electron chi connectivity index (χ4n) is 4.70. The van der Waals surface area contributed by atoms with Gasteiger partial charge in [-0.2, -0.15) is 0 Å². The number of amides is 1. The second-order valence-corrected chi connectivity index (χ2v) is 9.60. The average molecular weight is 497 g/mol. The molecule has 0 saturated heterocycles. The largest absolute Gasteiger partial charge is 0.481 e. The number of carboxylic acids is 1. The monoisotopic (exact) mass is 496 g/mol. The first-order valence-corrected chi connectivity index (χ1v) is 12.2. The van der Waals surface area contributed by atoms with Crippen LogP contribution in [0.15, 0.2) is 83.4 Å². The minimum atomic E-state index is -1.44. The van der Waals surface area contributed by atoms with E-state index in [0.717, 1.165) is 22.3 Å². The number of nitrogens with one attached hydrogen (secondary N) is 1. The van der Waals surface area contributed by atoms with Crippen molar-refractivity contribution in [3.63, 3.8) is 0 Å². The Morgan fingerprint density at radius 1 is 0.919 bits per heavy atom. The number of benzene rings is 3. The normalized spacial score (nSPS) is 15.5. The van der Waals surface area contributed by atoms with Crippen LogP contribution in [0.25, 0.3) is 22.5 Å². The maximum absolute atomic E-state index is 12.9.